The largest absolute Gasteiger partial charge is 0.309 e. The molecule has 2 saturated carbocycles. The molecular weight excluding hydrogens is 230 g/mol. The second kappa shape index (κ2) is 5.66. The van der Waals surface area contributed by atoms with Crippen LogP contribution in [-0.4, -0.2) is 6.54 Å². The first-order valence-electron chi connectivity index (χ1n) is 8.04. The molecule has 0 aromatic heterocycles. The molecule has 1 nitrogen and oxygen atoms in total. The molecule has 2 aliphatic carbocycles. The zero-order valence-corrected chi connectivity index (χ0v) is 12.4. The third-order valence-corrected chi connectivity index (χ3v) is 5.17. The average Bonchev–Trinajstić information content (AvgIpc) is 3.16. The molecule has 104 valence electrons. The molecule has 3 unspecified atom stereocenters. The second-order valence-electron chi connectivity index (χ2n) is 6.80. The van der Waals surface area contributed by atoms with Gasteiger partial charge in [0.2, 0.25) is 0 Å². The van der Waals surface area contributed by atoms with Gasteiger partial charge in [0.1, 0.15) is 0 Å². The Hall–Kier alpha value is -0.820. The fourth-order valence-electron chi connectivity index (χ4n) is 3.56. The number of benzene rings is 1. The van der Waals surface area contributed by atoms with Crippen LogP contribution in [0.1, 0.15) is 56.2 Å². The monoisotopic (exact) mass is 257 g/mol. The van der Waals surface area contributed by atoms with Crippen molar-refractivity contribution in [1.82, 2.24) is 5.32 Å². The Bertz CT molecular complexity index is 404. The second-order valence-corrected chi connectivity index (χ2v) is 6.80. The zero-order chi connectivity index (χ0) is 13.2. The summed E-state index contributed by atoms with van der Waals surface area (Å²) < 4.78 is 0. The first kappa shape index (κ1) is 13.2. The van der Waals surface area contributed by atoms with Gasteiger partial charge in [-0.15, -0.1) is 0 Å². The van der Waals surface area contributed by atoms with Gasteiger partial charge in [-0.25, -0.2) is 0 Å². The highest BCUT2D eigenvalue weighted by atomic mass is 14.9. The summed E-state index contributed by atoms with van der Waals surface area (Å²) in [4.78, 5) is 0. The van der Waals surface area contributed by atoms with E-state index < -0.39 is 0 Å². The van der Waals surface area contributed by atoms with Gasteiger partial charge in [-0.05, 0) is 56.0 Å². The molecule has 3 atom stereocenters. The van der Waals surface area contributed by atoms with E-state index in [-0.39, 0.29) is 0 Å². The van der Waals surface area contributed by atoms with E-state index in [2.05, 4.69) is 43.4 Å². The summed E-state index contributed by atoms with van der Waals surface area (Å²) >= 11 is 0. The lowest BCUT2D eigenvalue weighted by Crippen LogP contribution is -2.29. The number of hydrogen-bond acceptors (Lipinski definition) is 1. The molecule has 2 aliphatic rings. The molecular formula is C18H27N. The Balaban J connectivity index is 1.63. The minimum Gasteiger partial charge on any atom is -0.309 e. The molecule has 3 rings (SSSR count). The van der Waals surface area contributed by atoms with E-state index in [0.29, 0.717) is 6.04 Å². The van der Waals surface area contributed by atoms with E-state index in [4.69, 9.17) is 0 Å². The van der Waals surface area contributed by atoms with Crippen LogP contribution in [0.4, 0.5) is 0 Å². The van der Waals surface area contributed by atoms with Crippen LogP contribution in [0, 0.1) is 24.7 Å². The summed E-state index contributed by atoms with van der Waals surface area (Å²) in [6.07, 6.45) is 7.12. The van der Waals surface area contributed by atoms with Gasteiger partial charge < -0.3 is 5.32 Å². The highest BCUT2D eigenvalue weighted by molar-refractivity contribution is 5.25. The first-order chi connectivity index (χ1) is 9.24. The molecule has 2 fully saturated rings. The summed E-state index contributed by atoms with van der Waals surface area (Å²) in [5, 5.41) is 3.89. The highest BCUT2D eigenvalue weighted by Gasteiger charge is 2.33. The molecule has 19 heavy (non-hydrogen) atoms. The summed E-state index contributed by atoms with van der Waals surface area (Å²) in [7, 11) is 0. The van der Waals surface area contributed by atoms with Gasteiger partial charge in [0, 0.05) is 6.04 Å². The Morgan fingerprint density at radius 2 is 1.84 bits per heavy atom. The number of aryl methyl sites for hydroxylation is 1. The quantitative estimate of drug-likeness (QED) is 0.820. The normalized spacial score (nSPS) is 28.5. The van der Waals surface area contributed by atoms with E-state index >= 15 is 0 Å². The van der Waals surface area contributed by atoms with E-state index in [1.165, 1.54) is 49.8 Å². The van der Waals surface area contributed by atoms with Crippen molar-refractivity contribution in [1.29, 1.82) is 0 Å². The van der Waals surface area contributed by atoms with Crippen LogP contribution >= 0.6 is 0 Å². The van der Waals surface area contributed by atoms with Crippen molar-refractivity contribution >= 4 is 0 Å². The maximum Gasteiger partial charge on any atom is 0.0348 e. The smallest absolute Gasteiger partial charge is 0.0348 e. The molecule has 0 heterocycles. The molecule has 0 bridgehead atoms. The van der Waals surface area contributed by atoms with Gasteiger partial charge in [-0.2, -0.15) is 0 Å². The van der Waals surface area contributed by atoms with Gasteiger partial charge in [0.05, 0.1) is 0 Å². The fraction of sp³-hybridized carbons (Fsp3) is 0.667. The zero-order valence-electron chi connectivity index (χ0n) is 12.4. The molecule has 0 saturated heterocycles. The van der Waals surface area contributed by atoms with Crippen molar-refractivity contribution in [3.63, 3.8) is 0 Å². The van der Waals surface area contributed by atoms with E-state index in [9.17, 15) is 0 Å². The fourth-order valence-corrected chi connectivity index (χ4v) is 3.56. The molecule has 0 aliphatic heterocycles. The van der Waals surface area contributed by atoms with Crippen LogP contribution in [-0.2, 0) is 0 Å². The average molecular weight is 257 g/mol. The number of rotatable bonds is 5. The van der Waals surface area contributed by atoms with Crippen LogP contribution in [0.25, 0.3) is 0 Å². The minimum atomic E-state index is 0.605. The van der Waals surface area contributed by atoms with Crippen molar-refractivity contribution in [3.8, 4) is 0 Å². The van der Waals surface area contributed by atoms with Crippen molar-refractivity contribution in [2.75, 3.05) is 6.54 Å². The Morgan fingerprint density at radius 1 is 1.11 bits per heavy atom. The first-order valence-corrected chi connectivity index (χ1v) is 8.04. The van der Waals surface area contributed by atoms with E-state index in [1.54, 1.807) is 0 Å². The summed E-state index contributed by atoms with van der Waals surface area (Å²) in [6, 6.07) is 9.76. The standard InChI is InChI=1S/C18H27N/c1-13-6-8-15(9-7-13)18(16-10-11-16)19-12-17-5-3-4-14(17)2/h6-9,14,16-19H,3-5,10-12H2,1-2H3. The molecule has 0 radical (unpaired) electrons. The summed E-state index contributed by atoms with van der Waals surface area (Å²) in [5.41, 5.74) is 2.86. The SMILES string of the molecule is Cc1ccc(C(NCC2CCCC2C)C2CC2)cc1. The predicted octanol–water partition coefficient (Wildman–Crippen LogP) is 4.47. The lowest BCUT2D eigenvalue weighted by molar-refractivity contribution is 0.355. The highest BCUT2D eigenvalue weighted by Crippen LogP contribution is 2.41. The third kappa shape index (κ3) is 3.20. The molecule has 1 heteroatoms. The van der Waals surface area contributed by atoms with Crippen molar-refractivity contribution in [2.24, 2.45) is 17.8 Å². The van der Waals surface area contributed by atoms with Gasteiger partial charge in [-0.1, -0.05) is 49.6 Å². The summed E-state index contributed by atoms with van der Waals surface area (Å²) in [5.74, 6) is 2.72. The third-order valence-electron chi connectivity index (χ3n) is 5.17. The minimum absolute atomic E-state index is 0.605. The predicted molar refractivity (Wildman–Crippen MR) is 81.2 cm³/mol. The van der Waals surface area contributed by atoms with Gasteiger partial charge in [0.15, 0.2) is 0 Å². The van der Waals surface area contributed by atoms with Crippen molar-refractivity contribution in [2.45, 2.75) is 52.0 Å². The van der Waals surface area contributed by atoms with Crippen LogP contribution in [0.15, 0.2) is 24.3 Å². The lowest BCUT2D eigenvalue weighted by Gasteiger charge is -2.23. The molecule has 0 amide bonds. The molecule has 1 N–H and O–H groups in total. The summed E-state index contributed by atoms with van der Waals surface area (Å²) in [6.45, 7) is 5.82. The lowest BCUT2D eigenvalue weighted by atomic mass is 9.96. The van der Waals surface area contributed by atoms with Crippen LogP contribution in [0.2, 0.25) is 0 Å². The van der Waals surface area contributed by atoms with Crippen molar-refractivity contribution < 1.29 is 0 Å². The number of nitrogens with one attached hydrogen (secondary N) is 1. The van der Waals surface area contributed by atoms with E-state index in [0.717, 1.165) is 17.8 Å². The van der Waals surface area contributed by atoms with Crippen LogP contribution < -0.4 is 5.32 Å². The number of hydrogen-bond donors (Lipinski definition) is 1. The Labute approximate surface area is 117 Å². The Kier molecular flexibility index (Phi) is 3.93. The van der Waals surface area contributed by atoms with E-state index in [1.807, 2.05) is 0 Å². The molecule has 1 aromatic rings. The maximum atomic E-state index is 3.89. The molecule has 1 aromatic carbocycles. The van der Waals surface area contributed by atoms with Crippen LogP contribution in [0.3, 0.4) is 0 Å². The topological polar surface area (TPSA) is 12.0 Å². The Morgan fingerprint density at radius 3 is 2.42 bits per heavy atom. The van der Waals surface area contributed by atoms with Gasteiger partial charge in [-0.3, -0.25) is 0 Å². The molecule has 0 spiro atoms. The van der Waals surface area contributed by atoms with Gasteiger partial charge >= 0.3 is 0 Å². The van der Waals surface area contributed by atoms with Crippen molar-refractivity contribution in [3.05, 3.63) is 35.4 Å². The van der Waals surface area contributed by atoms with Gasteiger partial charge in [0.25, 0.3) is 0 Å². The maximum absolute atomic E-state index is 3.89. The van der Waals surface area contributed by atoms with Crippen LogP contribution in [0.5, 0.6) is 0 Å².